The summed E-state index contributed by atoms with van der Waals surface area (Å²) in [6.45, 7) is 6.55. The van der Waals surface area contributed by atoms with Crippen LogP contribution < -0.4 is 10.1 Å². The van der Waals surface area contributed by atoms with E-state index in [-0.39, 0.29) is 5.91 Å². The second-order valence-corrected chi connectivity index (χ2v) is 9.50. The van der Waals surface area contributed by atoms with Crippen LogP contribution in [0.2, 0.25) is 0 Å². The standard InChI is InChI=1S/C31H37N3O2/c1-24(2)26-14-6-9-17-29(26)36-23-11-22-34-28-16-8-7-15-27(28)33-30(34)18-10-21-32-31(35)20-19-25-12-4-3-5-13-25/h3-9,12-17,24H,10-11,18-23H2,1-2H3,(H,32,35). The highest BCUT2D eigenvalue weighted by atomic mass is 16.5. The Morgan fingerprint density at radius 3 is 2.50 bits per heavy atom. The monoisotopic (exact) mass is 483 g/mol. The van der Waals surface area contributed by atoms with Gasteiger partial charge in [0.05, 0.1) is 17.6 Å². The number of fused-ring (bicyclic) bond motifs is 1. The molecule has 0 radical (unpaired) electrons. The summed E-state index contributed by atoms with van der Waals surface area (Å²) in [6, 6.07) is 26.7. The van der Waals surface area contributed by atoms with Crippen LogP contribution in [-0.4, -0.2) is 28.6 Å². The Labute approximate surface area is 214 Å². The van der Waals surface area contributed by atoms with Crippen LogP contribution in [-0.2, 0) is 24.2 Å². The number of aromatic nitrogens is 2. The van der Waals surface area contributed by atoms with E-state index in [0.717, 1.165) is 54.8 Å². The van der Waals surface area contributed by atoms with E-state index in [2.05, 4.69) is 72.3 Å². The summed E-state index contributed by atoms with van der Waals surface area (Å²) >= 11 is 0. The number of benzene rings is 3. The molecule has 1 N–H and O–H groups in total. The van der Waals surface area contributed by atoms with Crippen LogP contribution in [0.1, 0.15) is 56.0 Å². The zero-order valence-corrected chi connectivity index (χ0v) is 21.5. The number of aryl methyl sites for hydroxylation is 3. The number of imidazole rings is 1. The highest BCUT2D eigenvalue weighted by Gasteiger charge is 2.11. The Kier molecular flexibility index (Phi) is 9.15. The molecule has 1 amide bonds. The van der Waals surface area contributed by atoms with Gasteiger partial charge in [-0.3, -0.25) is 4.79 Å². The van der Waals surface area contributed by atoms with Gasteiger partial charge in [0.2, 0.25) is 5.91 Å². The van der Waals surface area contributed by atoms with E-state index >= 15 is 0 Å². The van der Waals surface area contributed by atoms with Crippen molar-refractivity contribution in [2.45, 2.75) is 58.4 Å². The number of hydrogen-bond acceptors (Lipinski definition) is 3. The number of nitrogens with zero attached hydrogens (tertiary/aromatic N) is 2. The summed E-state index contributed by atoms with van der Waals surface area (Å²) in [6.07, 6.45) is 3.87. The van der Waals surface area contributed by atoms with Crippen LogP contribution in [0, 0.1) is 0 Å². The third-order valence-corrected chi connectivity index (χ3v) is 6.44. The lowest BCUT2D eigenvalue weighted by molar-refractivity contribution is -0.121. The number of carbonyl (C=O) groups is 1. The summed E-state index contributed by atoms with van der Waals surface area (Å²) in [7, 11) is 0. The summed E-state index contributed by atoms with van der Waals surface area (Å²) < 4.78 is 8.46. The Hall–Kier alpha value is -3.60. The van der Waals surface area contributed by atoms with E-state index in [1.54, 1.807) is 0 Å². The summed E-state index contributed by atoms with van der Waals surface area (Å²) in [5.41, 5.74) is 4.61. The fourth-order valence-electron chi connectivity index (χ4n) is 4.52. The first-order valence-corrected chi connectivity index (χ1v) is 13.1. The zero-order chi connectivity index (χ0) is 25.2. The van der Waals surface area contributed by atoms with Crippen molar-refractivity contribution in [2.24, 2.45) is 0 Å². The molecular formula is C31H37N3O2. The zero-order valence-electron chi connectivity index (χ0n) is 21.5. The molecule has 0 bridgehead atoms. The lowest BCUT2D eigenvalue weighted by Crippen LogP contribution is -2.25. The number of rotatable bonds is 13. The molecule has 1 heterocycles. The fourth-order valence-corrected chi connectivity index (χ4v) is 4.52. The molecule has 0 saturated carbocycles. The Morgan fingerprint density at radius 1 is 0.917 bits per heavy atom. The normalized spacial score (nSPS) is 11.2. The van der Waals surface area contributed by atoms with Crippen LogP contribution >= 0.6 is 0 Å². The summed E-state index contributed by atoms with van der Waals surface area (Å²) in [5.74, 6) is 2.58. The van der Waals surface area contributed by atoms with Crippen molar-refractivity contribution in [3.05, 3.63) is 95.8 Å². The minimum absolute atomic E-state index is 0.103. The van der Waals surface area contributed by atoms with Gasteiger partial charge in [-0.2, -0.15) is 0 Å². The van der Waals surface area contributed by atoms with Gasteiger partial charge in [-0.15, -0.1) is 0 Å². The average Bonchev–Trinajstić information content (AvgIpc) is 3.26. The number of carbonyl (C=O) groups excluding carboxylic acids is 1. The maximum absolute atomic E-state index is 12.2. The highest BCUT2D eigenvalue weighted by Crippen LogP contribution is 2.26. The second kappa shape index (κ2) is 12.9. The van der Waals surface area contributed by atoms with Crippen molar-refractivity contribution in [3.8, 4) is 5.75 Å². The van der Waals surface area contributed by atoms with Crippen molar-refractivity contribution in [2.75, 3.05) is 13.2 Å². The molecule has 36 heavy (non-hydrogen) atoms. The molecule has 5 heteroatoms. The molecule has 0 aliphatic heterocycles. The molecule has 4 aromatic rings. The molecule has 1 aromatic heterocycles. The van der Waals surface area contributed by atoms with E-state index in [0.29, 0.717) is 25.5 Å². The Balaban J connectivity index is 1.28. The highest BCUT2D eigenvalue weighted by molar-refractivity contribution is 5.76. The fraction of sp³-hybridized carbons (Fsp3) is 0.355. The first kappa shape index (κ1) is 25.5. The Morgan fingerprint density at radius 2 is 1.67 bits per heavy atom. The van der Waals surface area contributed by atoms with E-state index in [1.165, 1.54) is 11.1 Å². The molecule has 0 fully saturated rings. The van der Waals surface area contributed by atoms with Crippen molar-refractivity contribution in [1.29, 1.82) is 0 Å². The van der Waals surface area contributed by atoms with Crippen LogP contribution in [0.15, 0.2) is 78.9 Å². The van der Waals surface area contributed by atoms with Crippen LogP contribution in [0.3, 0.4) is 0 Å². The van der Waals surface area contributed by atoms with E-state index in [9.17, 15) is 4.79 Å². The van der Waals surface area contributed by atoms with Crippen LogP contribution in [0.5, 0.6) is 5.75 Å². The Bertz CT molecular complexity index is 1250. The summed E-state index contributed by atoms with van der Waals surface area (Å²) in [4.78, 5) is 17.1. The van der Waals surface area contributed by atoms with Gasteiger partial charge < -0.3 is 14.6 Å². The van der Waals surface area contributed by atoms with Crippen molar-refractivity contribution in [3.63, 3.8) is 0 Å². The molecule has 0 atom stereocenters. The second-order valence-electron chi connectivity index (χ2n) is 9.50. The maximum Gasteiger partial charge on any atom is 0.220 e. The quantitative estimate of drug-likeness (QED) is 0.227. The van der Waals surface area contributed by atoms with Gasteiger partial charge in [0, 0.05) is 25.9 Å². The van der Waals surface area contributed by atoms with Crippen molar-refractivity contribution in [1.82, 2.24) is 14.9 Å². The molecule has 0 spiro atoms. The minimum atomic E-state index is 0.103. The van der Waals surface area contributed by atoms with Gasteiger partial charge in [-0.1, -0.05) is 74.5 Å². The molecule has 4 rings (SSSR count). The molecule has 188 valence electrons. The largest absolute Gasteiger partial charge is 0.493 e. The number of amides is 1. The van der Waals surface area contributed by atoms with E-state index < -0.39 is 0 Å². The molecule has 0 saturated heterocycles. The number of nitrogens with one attached hydrogen (secondary N) is 1. The van der Waals surface area contributed by atoms with Crippen LogP contribution in [0.4, 0.5) is 0 Å². The lowest BCUT2D eigenvalue weighted by atomic mass is 10.0. The smallest absolute Gasteiger partial charge is 0.220 e. The van der Waals surface area contributed by atoms with Gasteiger partial charge in [-0.05, 0) is 54.5 Å². The number of hydrogen-bond donors (Lipinski definition) is 1. The predicted octanol–water partition coefficient (Wildman–Crippen LogP) is 6.31. The molecule has 0 unspecified atom stereocenters. The van der Waals surface area contributed by atoms with Gasteiger partial charge in [0.1, 0.15) is 11.6 Å². The average molecular weight is 484 g/mol. The van der Waals surface area contributed by atoms with Gasteiger partial charge in [-0.25, -0.2) is 4.98 Å². The third kappa shape index (κ3) is 6.97. The molecular weight excluding hydrogens is 446 g/mol. The SMILES string of the molecule is CC(C)c1ccccc1OCCCn1c(CCCNC(=O)CCc2ccccc2)nc2ccccc21. The topological polar surface area (TPSA) is 56.1 Å². The lowest BCUT2D eigenvalue weighted by Gasteiger charge is -2.14. The molecule has 0 aliphatic rings. The summed E-state index contributed by atoms with van der Waals surface area (Å²) in [5, 5.41) is 3.07. The minimum Gasteiger partial charge on any atom is -0.493 e. The van der Waals surface area contributed by atoms with Crippen molar-refractivity contribution < 1.29 is 9.53 Å². The van der Waals surface area contributed by atoms with Gasteiger partial charge in [0.15, 0.2) is 0 Å². The van der Waals surface area contributed by atoms with Gasteiger partial charge >= 0.3 is 0 Å². The first-order valence-electron chi connectivity index (χ1n) is 13.1. The molecule has 3 aromatic carbocycles. The van der Waals surface area contributed by atoms with Crippen molar-refractivity contribution >= 4 is 16.9 Å². The predicted molar refractivity (Wildman–Crippen MR) is 146 cm³/mol. The first-order chi connectivity index (χ1) is 17.6. The maximum atomic E-state index is 12.2. The molecule has 5 nitrogen and oxygen atoms in total. The van der Waals surface area contributed by atoms with Crippen LogP contribution in [0.25, 0.3) is 11.0 Å². The third-order valence-electron chi connectivity index (χ3n) is 6.44. The number of para-hydroxylation sites is 3. The van der Waals surface area contributed by atoms with Gasteiger partial charge in [0.25, 0.3) is 0 Å². The van der Waals surface area contributed by atoms with E-state index in [1.807, 2.05) is 30.3 Å². The number of ether oxygens (including phenoxy) is 1. The molecule has 0 aliphatic carbocycles. The van der Waals surface area contributed by atoms with E-state index in [4.69, 9.17) is 9.72 Å².